The number of fused-ring (bicyclic) bond motifs is 2. The van der Waals surface area contributed by atoms with Crippen LogP contribution in [-0.2, 0) is 17.8 Å². The quantitative estimate of drug-likeness (QED) is 0.909. The summed E-state index contributed by atoms with van der Waals surface area (Å²) in [4.78, 5) is 11.0. The highest BCUT2D eigenvalue weighted by Crippen LogP contribution is 2.37. The first kappa shape index (κ1) is 15.3. The molecule has 0 aliphatic carbocycles. The second-order valence-corrected chi connectivity index (χ2v) is 5.61. The molecule has 0 unspecified atom stereocenters. The number of carboxylic acid groups (broad SMARTS) is 1. The average Bonchev–Trinajstić information content (AvgIpc) is 2.69. The Labute approximate surface area is 135 Å². The number of hydrogen-bond acceptors (Lipinski definition) is 2. The Morgan fingerprint density at radius 2 is 2.04 bits per heavy atom. The molecule has 0 saturated carbocycles. The van der Waals surface area contributed by atoms with E-state index in [1.807, 2.05) is 30.3 Å². The number of benzene rings is 2. The fourth-order valence-corrected chi connectivity index (χ4v) is 2.87. The van der Waals surface area contributed by atoms with Gasteiger partial charge in [0.25, 0.3) is 0 Å². The standard InChI is InChI=1S/C19H19NO3/c20-9-3-6-16-15-5-2-1-4-14(15)12-23-18-8-7-13(10-17(16)18)11-19(21)22/h1-2,4-8,10H,3,9,11-12,20H2,(H,21,22)/p+1/b16-6-. The molecule has 1 aliphatic heterocycles. The lowest BCUT2D eigenvalue weighted by Crippen LogP contribution is -2.49. The van der Waals surface area contributed by atoms with Crippen LogP contribution in [0.25, 0.3) is 5.57 Å². The fraction of sp³-hybridized carbons (Fsp3) is 0.211. The molecule has 1 aliphatic rings. The highest BCUT2D eigenvalue weighted by atomic mass is 16.5. The average molecular weight is 310 g/mol. The first-order valence-electron chi connectivity index (χ1n) is 7.74. The highest BCUT2D eigenvalue weighted by Gasteiger charge is 2.19. The van der Waals surface area contributed by atoms with E-state index in [1.54, 1.807) is 0 Å². The Balaban J connectivity index is 2.14. The van der Waals surface area contributed by atoms with Crippen molar-refractivity contribution < 1.29 is 20.4 Å². The van der Waals surface area contributed by atoms with Crippen LogP contribution in [0.3, 0.4) is 0 Å². The van der Waals surface area contributed by atoms with Gasteiger partial charge in [-0.3, -0.25) is 4.79 Å². The molecule has 0 amide bonds. The first-order valence-corrected chi connectivity index (χ1v) is 7.74. The molecule has 1 heterocycles. The molecule has 0 bridgehead atoms. The molecule has 0 saturated heterocycles. The van der Waals surface area contributed by atoms with E-state index in [9.17, 15) is 4.79 Å². The molecule has 4 heteroatoms. The van der Waals surface area contributed by atoms with Crippen LogP contribution in [-0.4, -0.2) is 17.6 Å². The van der Waals surface area contributed by atoms with Gasteiger partial charge >= 0.3 is 5.97 Å². The molecule has 0 radical (unpaired) electrons. The third-order valence-electron chi connectivity index (χ3n) is 3.93. The van der Waals surface area contributed by atoms with Crippen LogP contribution >= 0.6 is 0 Å². The third-order valence-corrected chi connectivity index (χ3v) is 3.93. The summed E-state index contributed by atoms with van der Waals surface area (Å²) < 4.78 is 5.94. The van der Waals surface area contributed by atoms with Crippen molar-refractivity contribution in [3.8, 4) is 5.75 Å². The lowest BCUT2D eigenvalue weighted by atomic mass is 9.92. The normalized spacial score (nSPS) is 14.6. The predicted molar refractivity (Wildman–Crippen MR) is 88.0 cm³/mol. The van der Waals surface area contributed by atoms with Gasteiger partial charge in [-0.1, -0.05) is 36.4 Å². The van der Waals surface area contributed by atoms with Crippen molar-refractivity contribution in [1.29, 1.82) is 0 Å². The molecular formula is C19H20NO3+. The Morgan fingerprint density at radius 3 is 2.83 bits per heavy atom. The maximum Gasteiger partial charge on any atom is 0.307 e. The zero-order valence-electron chi connectivity index (χ0n) is 12.9. The van der Waals surface area contributed by atoms with Gasteiger partial charge in [0.2, 0.25) is 0 Å². The zero-order valence-corrected chi connectivity index (χ0v) is 12.9. The molecule has 0 atom stereocenters. The van der Waals surface area contributed by atoms with Gasteiger partial charge < -0.3 is 15.6 Å². The monoisotopic (exact) mass is 310 g/mol. The van der Waals surface area contributed by atoms with Gasteiger partial charge in [0.15, 0.2) is 0 Å². The van der Waals surface area contributed by atoms with E-state index < -0.39 is 5.97 Å². The SMILES string of the molecule is [NH3+]CC/C=C1/c2ccccc2COc2ccc(CC(=O)O)cc21. The molecule has 0 aromatic heterocycles. The van der Waals surface area contributed by atoms with E-state index in [1.165, 1.54) is 0 Å². The summed E-state index contributed by atoms with van der Waals surface area (Å²) in [5.74, 6) is -0.0335. The molecule has 2 aromatic rings. The van der Waals surface area contributed by atoms with Crippen LogP contribution in [0.5, 0.6) is 5.75 Å². The van der Waals surface area contributed by atoms with E-state index in [2.05, 4.69) is 23.9 Å². The second-order valence-electron chi connectivity index (χ2n) is 5.61. The minimum Gasteiger partial charge on any atom is -0.488 e. The van der Waals surface area contributed by atoms with E-state index in [-0.39, 0.29) is 6.42 Å². The van der Waals surface area contributed by atoms with Crippen molar-refractivity contribution >= 4 is 11.5 Å². The minimum atomic E-state index is -0.830. The van der Waals surface area contributed by atoms with Crippen LogP contribution in [0.15, 0.2) is 48.5 Å². The molecule has 0 spiro atoms. The number of ether oxygens (including phenoxy) is 1. The molecular weight excluding hydrogens is 290 g/mol. The Bertz CT molecular complexity index is 765. The molecule has 23 heavy (non-hydrogen) atoms. The van der Waals surface area contributed by atoms with Gasteiger partial charge in [0, 0.05) is 12.0 Å². The van der Waals surface area contributed by atoms with E-state index in [4.69, 9.17) is 9.84 Å². The number of carboxylic acids is 1. The van der Waals surface area contributed by atoms with Crippen molar-refractivity contribution in [3.05, 3.63) is 70.8 Å². The van der Waals surface area contributed by atoms with Gasteiger partial charge in [-0.05, 0) is 34.4 Å². The number of hydrogen-bond donors (Lipinski definition) is 2. The lowest BCUT2D eigenvalue weighted by molar-refractivity contribution is -0.365. The number of quaternary nitrogens is 1. The second kappa shape index (κ2) is 6.67. The summed E-state index contributed by atoms with van der Waals surface area (Å²) in [6.07, 6.45) is 3.05. The summed E-state index contributed by atoms with van der Waals surface area (Å²) in [5.41, 5.74) is 9.03. The largest absolute Gasteiger partial charge is 0.488 e. The lowest BCUT2D eigenvalue weighted by Gasteiger charge is -2.12. The molecule has 0 fully saturated rings. The maximum atomic E-state index is 11.0. The fourth-order valence-electron chi connectivity index (χ4n) is 2.87. The van der Waals surface area contributed by atoms with Crippen molar-refractivity contribution in [2.24, 2.45) is 0 Å². The van der Waals surface area contributed by atoms with Crippen LogP contribution in [0, 0.1) is 0 Å². The Kier molecular flexibility index (Phi) is 4.44. The highest BCUT2D eigenvalue weighted by molar-refractivity contribution is 5.85. The molecule has 4 N–H and O–H groups in total. The van der Waals surface area contributed by atoms with Crippen molar-refractivity contribution in [2.45, 2.75) is 19.4 Å². The predicted octanol–water partition coefficient (Wildman–Crippen LogP) is 2.27. The van der Waals surface area contributed by atoms with Crippen LogP contribution in [0.2, 0.25) is 0 Å². The van der Waals surface area contributed by atoms with Crippen LogP contribution < -0.4 is 10.5 Å². The topological polar surface area (TPSA) is 74.2 Å². The van der Waals surface area contributed by atoms with Crippen molar-refractivity contribution in [3.63, 3.8) is 0 Å². The van der Waals surface area contributed by atoms with Gasteiger partial charge in [-0.25, -0.2) is 0 Å². The Morgan fingerprint density at radius 1 is 1.22 bits per heavy atom. The van der Waals surface area contributed by atoms with Gasteiger partial charge in [-0.2, -0.15) is 0 Å². The summed E-state index contributed by atoms with van der Waals surface area (Å²) in [6.45, 7) is 1.33. The number of rotatable bonds is 4. The zero-order chi connectivity index (χ0) is 16.2. The van der Waals surface area contributed by atoms with Gasteiger partial charge in [-0.15, -0.1) is 0 Å². The van der Waals surface area contributed by atoms with E-state index in [0.717, 1.165) is 46.5 Å². The molecule has 3 rings (SSSR count). The van der Waals surface area contributed by atoms with Crippen molar-refractivity contribution in [1.82, 2.24) is 0 Å². The number of carbonyl (C=O) groups is 1. The smallest absolute Gasteiger partial charge is 0.307 e. The van der Waals surface area contributed by atoms with Crippen molar-refractivity contribution in [2.75, 3.05) is 6.54 Å². The minimum absolute atomic E-state index is 0.0114. The third kappa shape index (κ3) is 3.27. The van der Waals surface area contributed by atoms with E-state index >= 15 is 0 Å². The maximum absolute atomic E-state index is 11.0. The summed E-state index contributed by atoms with van der Waals surface area (Å²) >= 11 is 0. The van der Waals surface area contributed by atoms with Crippen LogP contribution in [0.1, 0.15) is 28.7 Å². The molecule has 4 nitrogen and oxygen atoms in total. The van der Waals surface area contributed by atoms with Gasteiger partial charge in [0.1, 0.15) is 12.4 Å². The summed E-state index contributed by atoms with van der Waals surface area (Å²) in [6, 6.07) is 13.8. The van der Waals surface area contributed by atoms with Gasteiger partial charge in [0.05, 0.1) is 13.0 Å². The summed E-state index contributed by atoms with van der Waals surface area (Å²) in [5, 5.41) is 9.04. The van der Waals surface area contributed by atoms with Crippen LogP contribution in [0.4, 0.5) is 0 Å². The summed E-state index contributed by atoms with van der Waals surface area (Å²) in [7, 11) is 0. The molecule has 118 valence electrons. The Hall–Kier alpha value is -2.59. The molecule has 2 aromatic carbocycles. The first-order chi connectivity index (χ1) is 11.2. The van der Waals surface area contributed by atoms with E-state index in [0.29, 0.717) is 6.61 Å². The number of aliphatic carboxylic acids is 1.